The lowest BCUT2D eigenvalue weighted by molar-refractivity contribution is -0.138. The minimum Gasteiger partial charge on any atom is -0.463 e. The second kappa shape index (κ2) is 7.31. The molecule has 1 aromatic carbocycles. The van der Waals surface area contributed by atoms with E-state index in [1.165, 1.54) is 6.92 Å². The maximum absolute atomic E-state index is 13.2. The number of hydrogen-bond donors (Lipinski definition) is 1. The van der Waals surface area contributed by atoms with Gasteiger partial charge >= 0.3 is 5.97 Å². The standard InChI is InChI=1S/C15H17ClFNO4S/c1-2-22-15(19)11-5-3-4-6-14(11)23(20,21)18-13-8-7-10(17)9-12(13)16/h5,7-9,14,18H,2-4,6H2,1H3/t14-/m1/s1/i3D2,5D,14D. The van der Waals surface area contributed by atoms with E-state index in [1.807, 2.05) is 4.72 Å². The number of benzene rings is 1. The Morgan fingerprint density at radius 2 is 2.39 bits per heavy atom. The zero-order chi connectivity index (χ0) is 20.6. The summed E-state index contributed by atoms with van der Waals surface area (Å²) in [6.07, 6.45) is -3.34. The molecule has 1 aliphatic carbocycles. The molecule has 0 fully saturated rings. The Morgan fingerprint density at radius 3 is 3.04 bits per heavy atom. The largest absolute Gasteiger partial charge is 0.463 e. The first-order valence-electron chi connectivity index (χ1n) is 8.72. The van der Waals surface area contributed by atoms with Crippen LogP contribution in [-0.2, 0) is 19.6 Å². The van der Waals surface area contributed by atoms with Gasteiger partial charge in [-0.1, -0.05) is 17.7 Å². The molecule has 2 rings (SSSR count). The fourth-order valence-electron chi connectivity index (χ4n) is 1.94. The number of sulfonamides is 1. The third kappa shape index (κ3) is 4.23. The normalized spacial score (nSPS) is 26.6. The minimum atomic E-state index is -4.70. The lowest BCUT2D eigenvalue weighted by atomic mass is 9.99. The van der Waals surface area contributed by atoms with Crippen LogP contribution in [0.15, 0.2) is 29.8 Å². The van der Waals surface area contributed by atoms with Gasteiger partial charge in [0.2, 0.25) is 10.0 Å². The van der Waals surface area contributed by atoms with Crippen LogP contribution in [0.5, 0.6) is 0 Å². The van der Waals surface area contributed by atoms with Gasteiger partial charge in [-0.05, 0) is 44.3 Å². The van der Waals surface area contributed by atoms with Crippen molar-refractivity contribution in [3.63, 3.8) is 0 Å². The van der Waals surface area contributed by atoms with Gasteiger partial charge < -0.3 is 4.74 Å². The van der Waals surface area contributed by atoms with Gasteiger partial charge in [0.25, 0.3) is 0 Å². The lowest BCUT2D eigenvalue weighted by Gasteiger charge is -2.24. The van der Waals surface area contributed by atoms with Crippen molar-refractivity contribution in [1.29, 1.82) is 0 Å². The van der Waals surface area contributed by atoms with Gasteiger partial charge in [0.1, 0.15) is 11.0 Å². The highest BCUT2D eigenvalue weighted by atomic mass is 35.5. The van der Waals surface area contributed by atoms with Crippen LogP contribution in [0.25, 0.3) is 0 Å². The van der Waals surface area contributed by atoms with E-state index >= 15 is 0 Å². The summed E-state index contributed by atoms with van der Waals surface area (Å²) in [6.45, 7) is 1.31. The number of anilines is 1. The number of carbonyl (C=O) groups excluding carboxylic acids is 1. The van der Waals surface area contributed by atoms with Crippen LogP contribution in [0.4, 0.5) is 10.1 Å². The number of rotatable bonds is 5. The molecule has 1 N–H and O–H groups in total. The molecule has 0 bridgehead atoms. The van der Waals surface area contributed by atoms with Crippen LogP contribution in [0.1, 0.15) is 31.6 Å². The maximum Gasteiger partial charge on any atom is 0.335 e. The number of hydrogen-bond acceptors (Lipinski definition) is 4. The highest BCUT2D eigenvalue weighted by Crippen LogP contribution is 2.30. The van der Waals surface area contributed by atoms with Crippen LogP contribution in [0.2, 0.25) is 5.02 Å². The molecular formula is C15H17ClFNO4S. The van der Waals surface area contributed by atoms with Crippen molar-refractivity contribution in [2.75, 3.05) is 11.3 Å². The molecule has 8 heteroatoms. The summed E-state index contributed by atoms with van der Waals surface area (Å²) in [5.41, 5.74) is -1.11. The van der Waals surface area contributed by atoms with Crippen molar-refractivity contribution in [1.82, 2.24) is 0 Å². The summed E-state index contributed by atoms with van der Waals surface area (Å²) in [5.74, 6) is -1.95. The molecule has 0 saturated heterocycles. The molecule has 5 nitrogen and oxygen atoms in total. The molecule has 0 aliphatic heterocycles. The Hall–Kier alpha value is -1.60. The topological polar surface area (TPSA) is 72.5 Å². The maximum atomic E-state index is 13.2. The predicted octanol–water partition coefficient (Wildman–Crippen LogP) is 3.26. The zero-order valence-electron chi connectivity index (χ0n) is 16.2. The van der Waals surface area contributed by atoms with E-state index in [-0.39, 0.29) is 17.3 Å². The minimum absolute atomic E-state index is 0.147. The van der Waals surface area contributed by atoms with E-state index in [9.17, 15) is 17.6 Å². The number of esters is 1. The second-order valence-electron chi connectivity index (χ2n) is 4.55. The van der Waals surface area contributed by atoms with Crippen molar-refractivity contribution >= 4 is 33.3 Å². The first-order chi connectivity index (χ1) is 12.4. The van der Waals surface area contributed by atoms with Gasteiger partial charge in [0.05, 0.1) is 25.6 Å². The fourth-order valence-corrected chi connectivity index (χ4v) is 3.57. The Kier molecular flexibility index (Phi) is 4.06. The molecule has 0 aromatic heterocycles. The molecule has 1 atom stereocenters. The van der Waals surface area contributed by atoms with Gasteiger partial charge in [-0.25, -0.2) is 17.6 Å². The number of allylic oxidation sites excluding steroid dienone is 1. The number of halogens is 2. The van der Waals surface area contributed by atoms with E-state index in [0.29, 0.717) is 0 Å². The van der Waals surface area contributed by atoms with E-state index < -0.39 is 57.9 Å². The summed E-state index contributed by atoms with van der Waals surface area (Å²) in [5, 5.41) is -2.94. The Bertz CT molecular complexity index is 909. The molecular weight excluding hydrogens is 345 g/mol. The average molecular weight is 366 g/mol. The molecule has 126 valence electrons. The van der Waals surface area contributed by atoms with E-state index in [2.05, 4.69) is 0 Å². The van der Waals surface area contributed by atoms with Gasteiger partial charge in [-0.2, -0.15) is 0 Å². The predicted molar refractivity (Wildman–Crippen MR) is 86.3 cm³/mol. The number of ether oxygens (including phenoxy) is 1. The molecule has 0 heterocycles. The van der Waals surface area contributed by atoms with Crippen molar-refractivity contribution in [3.8, 4) is 0 Å². The number of nitrogens with one attached hydrogen (secondary N) is 1. The highest BCUT2D eigenvalue weighted by molar-refractivity contribution is 7.93. The summed E-state index contributed by atoms with van der Waals surface area (Å²) in [4.78, 5) is 12.3. The molecule has 0 saturated carbocycles. The summed E-state index contributed by atoms with van der Waals surface area (Å²) in [6, 6.07) is 1.96. The van der Waals surface area contributed by atoms with Crippen molar-refractivity contribution in [2.45, 2.75) is 31.4 Å². The SMILES string of the molecule is [2H]C1=C(C(=O)OCC)[C@]([2H])(S(=O)(=O)Nc2ccc(F)cc2Cl)CCC1([2H])[2H]. The van der Waals surface area contributed by atoms with Crippen molar-refractivity contribution in [3.05, 3.63) is 40.7 Å². The van der Waals surface area contributed by atoms with Gasteiger partial charge in [0.15, 0.2) is 0 Å². The summed E-state index contributed by atoms with van der Waals surface area (Å²) in [7, 11) is -4.70. The van der Waals surface area contributed by atoms with Crippen LogP contribution in [-0.4, -0.2) is 26.2 Å². The molecule has 1 aromatic rings. The molecule has 0 spiro atoms. The smallest absolute Gasteiger partial charge is 0.335 e. The summed E-state index contributed by atoms with van der Waals surface area (Å²) < 4.78 is 77.7. The Labute approximate surface area is 145 Å². The highest BCUT2D eigenvalue weighted by Gasteiger charge is 2.35. The van der Waals surface area contributed by atoms with Gasteiger partial charge in [0, 0.05) is 2.74 Å². The van der Waals surface area contributed by atoms with Crippen LogP contribution in [0, 0.1) is 5.82 Å². The average Bonchev–Trinajstić information content (AvgIpc) is 2.55. The second-order valence-corrected chi connectivity index (χ2v) is 6.66. The van der Waals surface area contributed by atoms with Gasteiger partial charge in [-0.3, -0.25) is 4.72 Å². The van der Waals surface area contributed by atoms with Crippen molar-refractivity contribution < 1.29 is 27.8 Å². The fraction of sp³-hybridized carbons (Fsp3) is 0.400. The van der Waals surface area contributed by atoms with Crippen molar-refractivity contribution in [2.24, 2.45) is 0 Å². The van der Waals surface area contributed by atoms with E-state index in [1.54, 1.807) is 0 Å². The lowest BCUT2D eigenvalue weighted by Crippen LogP contribution is -2.34. The Morgan fingerprint density at radius 1 is 1.65 bits per heavy atom. The van der Waals surface area contributed by atoms with Crippen LogP contribution < -0.4 is 4.72 Å². The molecule has 23 heavy (non-hydrogen) atoms. The van der Waals surface area contributed by atoms with Crippen LogP contribution >= 0.6 is 11.6 Å². The van der Waals surface area contributed by atoms with Gasteiger partial charge in [-0.15, -0.1) is 0 Å². The Balaban J connectivity index is 2.57. The monoisotopic (exact) mass is 365 g/mol. The quantitative estimate of drug-likeness (QED) is 0.813. The first-order valence-corrected chi connectivity index (χ1v) is 8.58. The zero-order valence-corrected chi connectivity index (χ0v) is 13.7. The molecule has 0 unspecified atom stereocenters. The molecule has 0 radical (unpaired) electrons. The van der Waals surface area contributed by atoms with E-state index in [4.69, 9.17) is 21.8 Å². The van der Waals surface area contributed by atoms with E-state index in [0.717, 1.165) is 18.2 Å². The first kappa shape index (κ1) is 12.8. The third-order valence-corrected chi connectivity index (χ3v) is 4.81. The molecule has 0 amide bonds. The van der Waals surface area contributed by atoms with Crippen LogP contribution in [0.3, 0.4) is 0 Å². The molecule has 1 aliphatic rings. The number of carbonyl (C=O) groups is 1. The third-order valence-electron chi connectivity index (χ3n) is 2.95. The summed E-state index contributed by atoms with van der Waals surface area (Å²) >= 11 is 5.81.